The fraction of sp³-hybridized carbons (Fsp3) is 0.692. The molecule has 1 amide bonds. The monoisotopic (exact) mass is 283 g/mol. The van der Waals surface area contributed by atoms with Gasteiger partial charge in [-0.3, -0.25) is 9.69 Å². The van der Waals surface area contributed by atoms with Crippen LogP contribution in [-0.4, -0.2) is 72.4 Å². The van der Waals surface area contributed by atoms with Gasteiger partial charge in [-0.15, -0.1) is 0 Å². The molecule has 2 rings (SSSR count). The van der Waals surface area contributed by atoms with Gasteiger partial charge in [0.25, 0.3) is 5.91 Å². The number of ether oxygens (including phenoxy) is 1. The average Bonchev–Trinajstić information content (AvgIpc) is 2.78. The van der Waals surface area contributed by atoms with Crippen molar-refractivity contribution in [2.45, 2.75) is 13.0 Å². The minimum absolute atomic E-state index is 0.109. The third-order valence-electron chi connectivity index (χ3n) is 3.36. The standard InChI is InChI=1S/C13H21N3O4/c1-19-10-11-9-12(14-20-11)13(18)16-4-2-3-15(5-6-16)7-8-17/h9,17H,2-8,10H2,1H3. The summed E-state index contributed by atoms with van der Waals surface area (Å²) in [5, 5.41) is 12.8. The Balaban J connectivity index is 1.94. The van der Waals surface area contributed by atoms with Crippen LogP contribution in [0.15, 0.2) is 10.6 Å². The second kappa shape index (κ2) is 7.37. The zero-order valence-electron chi connectivity index (χ0n) is 11.7. The first-order chi connectivity index (χ1) is 9.74. The van der Waals surface area contributed by atoms with E-state index in [4.69, 9.17) is 14.4 Å². The normalized spacial score (nSPS) is 17.2. The molecule has 7 nitrogen and oxygen atoms in total. The van der Waals surface area contributed by atoms with Crippen LogP contribution in [-0.2, 0) is 11.3 Å². The molecule has 1 fully saturated rings. The van der Waals surface area contributed by atoms with Crippen LogP contribution in [0.2, 0.25) is 0 Å². The molecule has 1 aromatic rings. The summed E-state index contributed by atoms with van der Waals surface area (Å²) in [4.78, 5) is 16.3. The van der Waals surface area contributed by atoms with Gasteiger partial charge in [0.05, 0.1) is 6.61 Å². The first-order valence-electron chi connectivity index (χ1n) is 6.81. The van der Waals surface area contributed by atoms with E-state index in [2.05, 4.69) is 10.1 Å². The third-order valence-corrected chi connectivity index (χ3v) is 3.36. The molecule has 1 aliphatic heterocycles. The Morgan fingerprint density at radius 3 is 3.05 bits per heavy atom. The third kappa shape index (κ3) is 3.78. The van der Waals surface area contributed by atoms with E-state index < -0.39 is 0 Å². The molecule has 112 valence electrons. The van der Waals surface area contributed by atoms with Crippen LogP contribution < -0.4 is 0 Å². The number of amides is 1. The van der Waals surface area contributed by atoms with Crippen LogP contribution in [0, 0.1) is 0 Å². The summed E-state index contributed by atoms with van der Waals surface area (Å²) >= 11 is 0. The van der Waals surface area contributed by atoms with E-state index in [1.165, 1.54) is 0 Å². The largest absolute Gasteiger partial charge is 0.395 e. The van der Waals surface area contributed by atoms with Crippen molar-refractivity contribution in [1.82, 2.24) is 15.0 Å². The van der Waals surface area contributed by atoms with E-state index in [1.807, 2.05) is 0 Å². The molecule has 1 aromatic heterocycles. The number of rotatable bonds is 5. The summed E-state index contributed by atoms with van der Waals surface area (Å²) in [6.07, 6.45) is 0.897. The SMILES string of the molecule is COCc1cc(C(=O)N2CCCN(CCO)CC2)no1. The molecule has 1 N–H and O–H groups in total. The lowest BCUT2D eigenvalue weighted by molar-refractivity contribution is 0.0749. The van der Waals surface area contributed by atoms with Gasteiger partial charge >= 0.3 is 0 Å². The first-order valence-corrected chi connectivity index (χ1v) is 6.81. The van der Waals surface area contributed by atoms with E-state index >= 15 is 0 Å². The number of methoxy groups -OCH3 is 1. The molecule has 0 spiro atoms. The second-order valence-electron chi connectivity index (χ2n) is 4.82. The van der Waals surface area contributed by atoms with Gasteiger partial charge in [-0.25, -0.2) is 0 Å². The predicted octanol–water partition coefficient (Wildman–Crippen LogP) is -0.0388. The minimum Gasteiger partial charge on any atom is -0.395 e. The summed E-state index contributed by atoms with van der Waals surface area (Å²) in [5.74, 6) is 0.439. The predicted molar refractivity (Wildman–Crippen MR) is 71.3 cm³/mol. The van der Waals surface area contributed by atoms with E-state index in [9.17, 15) is 4.79 Å². The Labute approximate surface area is 118 Å². The average molecular weight is 283 g/mol. The summed E-state index contributed by atoms with van der Waals surface area (Å²) in [5.41, 5.74) is 0.327. The molecule has 1 aliphatic rings. The summed E-state index contributed by atoms with van der Waals surface area (Å²) < 4.78 is 9.98. The van der Waals surface area contributed by atoms with Gasteiger partial charge in [-0.05, 0) is 13.0 Å². The van der Waals surface area contributed by atoms with E-state index in [0.29, 0.717) is 37.7 Å². The first kappa shape index (κ1) is 15.0. The Kier molecular flexibility index (Phi) is 5.51. The highest BCUT2D eigenvalue weighted by Gasteiger charge is 2.22. The van der Waals surface area contributed by atoms with Gasteiger partial charge in [0.15, 0.2) is 11.5 Å². The van der Waals surface area contributed by atoms with Gasteiger partial charge in [0, 0.05) is 39.4 Å². The lowest BCUT2D eigenvalue weighted by Gasteiger charge is -2.20. The van der Waals surface area contributed by atoms with E-state index in [-0.39, 0.29) is 12.5 Å². The lowest BCUT2D eigenvalue weighted by atomic mass is 10.3. The summed E-state index contributed by atoms with van der Waals surface area (Å²) in [6.45, 7) is 4.14. The number of aliphatic hydroxyl groups excluding tert-OH is 1. The Bertz CT molecular complexity index is 435. The van der Waals surface area contributed by atoms with Gasteiger partial charge in [-0.1, -0.05) is 5.16 Å². The molecule has 2 heterocycles. The molecule has 0 unspecified atom stereocenters. The van der Waals surface area contributed by atoms with Crippen LogP contribution in [0.5, 0.6) is 0 Å². The zero-order valence-corrected chi connectivity index (χ0v) is 11.7. The maximum Gasteiger partial charge on any atom is 0.276 e. The highest BCUT2D eigenvalue weighted by Crippen LogP contribution is 2.10. The van der Waals surface area contributed by atoms with Crippen molar-refractivity contribution in [3.63, 3.8) is 0 Å². The number of β-amino-alcohol motifs (C(OH)–C–C–N with tert-alkyl or cyclic N) is 1. The maximum atomic E-state index is 12.3. The van der Waals surface area contributed by atoms with E-state index in [0.717, 1.165) is 19.5 Å². The fourth-order valence-electron chi connectivity index (χ4n) is 2.33. The number of hydrogen-bond donors (Lipinski definition) is 1. The van der Waals surface area contributed by atoms with Crippen molar-refractivity contribution in [3.05, 3.63) is 17.5 Å². The fourth-order valence-corrected chi connectivity index (χ4v) is 2.33. The molecule has 0 aliphatic carbocycles. The number of nitrogens with zero attached hydrogens (tertiary/aromatic N) is 3. The van der Waals surface area contributed by atoms with Crippen LogP contribution in [0.1, 0.15) is 22.7 Å². The molecular formula is C13H21N3O4. The Hall–Kier alpha value is -1.44. The molecule has 0 saturated carbocycles. The van der Waals surface area contributed by atoms with Crippen LogP contribution >= 0.6 is 0 Å². The van der Waals surface area contributed by atoms with Crippen LogP contribution in [0.4, 0.5) is 0 Å². The number of aliphatic hydroxyl groups is 1. The lowest BCUT2D eigenvalue weighted by Crippen LogP contribution is -2.36. The van der Waals surface area contributed by atoms with Crippen molar-refractivity contribution < 1.29 is 19.2 Å². The molecule has 0 aromatic carbocycles. The molecule has 0 bridgehead atoms. The molecule has 7 heteroatoms. The van der Waals surface area contributed by atoms with Gasteiger partial charge in [-0.2, -0.15) is 0 Å². The number of carbonyl (C=O) groups excluding carboxylic acids is 1. The highest BCUT2D eigenvalue weighted by molar-refractivity contribution is 5.92. The number of carbonyl (C=O) groups is 1. The highest BCUT2D eigenvalue weighted by atomic mass is 16.5. The van der Waals surface area contributed by atoms with Crippen molar-refractivity contribution in [2.75, 3.05) is 46.4 Å². The van der Waals surface area contributed by atoms with Crippen molar-refractivity contribution >= 4 is 5.91 Å². The molecule has 0 atom stereocenters. The smallest absolute Gasteiger partial charge is 0.276 e. The van der Waals surface area contributed by atoms with Crippen molar-refractivity contribution in [3.8, 4) is 0 Å². The number of hydrogen-bond acceptors (Lipinski definition) is 6. The Morgan fingerprint density at radius 1 is 1.45 bits per heavy atom. The topological polar surface area (TPSA) is 79.0 Å². The summed E-state index contributed by atoms with van der Waals surface area (Å²) in [6, 6.07) is 1.63. The van der Waals surface area contributed by atoms with Crippen LogP contribution in [0.3, 0.4) is 0 Å². The molecular weight excluding hydrogens is 262 g/mol. The van der Waals surface area contributed by atoms with Gasteiger partial charge in [0.2, 0.25) is 0 Å². The van der Waals surface area contributed by atoms with Crippen molar-refractivity contribution in [2.24, 2.45) is 0 Å². The maximum absolute atomic E-state index is 12.3. The number of aromatic nitrogens is 1. The van der Waals surface area contributed by atoms with Crippen molar-refractivity contribution in [1.29, 1.82) is 0 Å². The second-order valence-corrected chi connectivity index (χ2v) is 4.82. The van der Waals surface area contributed by atoms with Gasteiger partial charge < -0.3 is 19.3 Å². The van der Waals surface area contributed by atoms with Gasteiger partial charge in [0.1, 0.15) is 6.61 Å². The molecule has 0 radical (unpaired) electrons. The Morgan fingerprint density at radius 2 is 2.30 bits per heavy atom. The molecule has 20 heavy (non-hydrogen) atoms. The summed E-state index contributed by atoms with van der Waals surface area (Å²) in [7, 11) is 1.56. The quantitative estimate of drug-likeness (QED) is 0.817. The van der Waals surface area contributed by atoms with Crippen LogP contribution in [0.25, 0.3) is 0 Å². The minimum atomic E-state index is -0.109. The zero-order chi connectivity index (χ0) is 14.4. The van der Waals surface area contributed by atoms with E-state index in [1.54, 1.807) is 18.1 Å². The molecule has 1 saturated heterocycles.